The molecule has 0 spiro atoms. The Balaban J connectivity index is 1.36. The Morgan fingerprint density at radius 1 is 0.966 bits per heavy atom. The number of nitrogens with zero attached hydrogens (tertiary/aromatic N) is 3. The number of hydrogen-bond acceptors (Lipinski definition) is 3. The zero-order valence-electron chi connectivity index (χ0n) is 17.4. The van der Waals surface area contributed by atoms with Crippen molar-refractivity contribution in [1.29, 1.82) is 0 Å². The second-order valence-electron chi connectivity index (χ2n) is 8.25. The first-order valence-electron chi connectivity index (χ1n) is 10.8. The predicted molar refractivity (Wildman–Crippen MR) is 119 cm³/mol. The number of anilines is 2. The molecule has 0 radical (unpaired) electrons. The lowest BCUT2D eigenvalue weighted by molar-refractivity contribution is 0.140. The van der Waals surface area contributed by atoms with E-state index in [2.05, 4.69) is 52.5 Å². The number of para-hydroxylation sites is 2. The van der Waals surface area contributed by atoms with E-state index in [1.807, 2.05) is 29.2 Å². The molecule has 0 atom stereocenters. The van der Waals surface area contributed by atoms with Crippen molar-refractivity contribution in [3.05, 3.63) is 60.2 Å². The molecule has 2 amide bonds. The molecule has 2 fully saturated rings. The molecule has 4 rings (SSSR count). The van der Waals surface area contributed by atoms with E-state index in [-0.39, 0.29) is 6.03 Å². The topological polar surface area (TPSA) is 38.8 Å². The highest BCUT2D eigenvalue weighted by Gasteiger charge is 2.28. The van der Waals surface area contributed by atoms with Crippen LogP contribution in [0.15, 0.2) is 54.6 Å². The van der Waals surface area contributed by atoms with E-state index in [0.717, 1.165) is 43.9 Å². The number of amides is 2. The van der Waals surface area contributed by atoms with Gasteiger partial charge >= 0.3 is 6.03 Å². The lowest BCUT2D eigenvalue weighted by Gasteiger charge is -2.36. The maximum absolute atomic E-state index is 12.9. The van der Waals surface area contributed by atoms with Crippen LogP contribution in [0.25, 0.3) is 0 Å². The van der Waals surface area contributed by atoms with E-state index in [0.29, 0.717) is 6.04 Å². The van der Waals surface area contributed by atoms with Gasteiger partial charge in [0.2, 0.25) is 0 Å². The van der Waals surface area contributed by atoms with E-state index in [9.17, 15) is 4.79 Å². The van der Waals surface area contributed by atoms with Crippen LogP contribution in [0.3, 0.4) is 0 Å². The van der Waals surface area contributed by atoms with Gasteiger partial charge in [0, 0.05) is 32.7 Å². The van der Waals surface area contributed by atoms with Gasteiger partial charge in [-0.05, 0) is 56.5 Å². The molecule has 154 valence electrons. The van der Waals surface area contributed by atoms with Gasteiger partial charge in [-0.2, -0.15) is 0 Å². The van der Waals surface area contributed by atoms with Crippen molar-refractivity contribution in [1.82, 2.24) is 9.80 Å². The minimum atomic E-state index is 0.0189. The van der Waals surface area contributed by atoms with Gasteiger partial charge in [-0.15, -0.1) is 0 Å². The number of urea groups is 1. The van der Waals surface area contributed by atoms with Gasteiger partial charge in [0.15, 0.2) is 0 Å². The number of likely N-dealkylation sites (tertiary alicyclic amines) is 2. The van der Waals surface area contributed by atoms with Crippen LogP contribution in [0, 0.1) is 0 Å². The van der Waals surface area contributed by atoms with Gasteiger partial charge in [0.05, 0.1) is 11.4 Å². The normalized spacial score (nSPS) is 18.0. The summed E-state index contributed by atoms with van der Waals surface area (Å²) in [6.45, 7) is 4.95. The van der Waals surface area contributed by atoms with Crippen molar-refractivity contribution < 1.29 is 4.79 Å². The fourth-order valence-electron chi connectivity index (χ4n) is 4.59. The smallest absolute Gasteiger partial charge is 0.321 e. The molecule has 1 N–H and O–H groups in total. The molecule has 0 aliphatic carbocycles. The van der Waals surface area contributed by atoms with Crippen molar-refractivity contribution in [3.8, 4) is 0 Å². The number of nitrogens with one attached hydrogen (secondary N) is 1. The van der Waals surface area contributed by atoms with Crippen LogP contribution in [-0.4, -0.2) is 55.1 Å². The van der Waals surface area contributed by atoms with Crippen molar-refractivity contribution >= 4 is 17.4 Å². The van der Waals surface area contributed by atoms with E-state index < -0.39 is 0 Å². The zero-order chi connectivity index (χ0) is 20.1. The van der Waals surface area contributed by atoms with Crippen molar-refractivity contribution in [2.45, 2.75) is 38.3 Å². The first-order valence-corrected chi connectivity index (χ1v) is 10.8. The second kappa shape index (κ2) is 9.31. The summed E-state index contributed by atoms with van der Waals surface area (Å²) in [6, 6.07) is 19.1. The van der Waals surface area contributed by atoms with E-state index in [4.69, 9.17) is 0 Å². The quantitative estimate of drug-likeness (QED) is 0.819. The molecule has 5 heteroatoms. The first-order chi connectivity index (χ1) is 14.2. The largest absolute Gasteiger partial charge is 0.369 e. The molecule has 29 heavy (non-hydrogen) atoms. The fourth-order valence-corrected chi connectivity index (χ4v) is 4.59. The van der Waals surface area contributed by atoms with E-state index in [1.165, 1.54) is 31.5 Å². The predicted octanol–water partition coefficient (Wildman–Crippen LogP) is 4.42. The summed E-state index contributed by atoms with van der Waals surface area (Å²) in [6.07, 6.45) is 4.83. The highest BCUT2D eigenvalue weighted by molar-refractivity contribution is 5.93. The molecule has 2 aromatic rings. The summed E-state index contributed by atoms with van der Waals surface area (Å²) >= 11 is 0. The number of benzene rings is 2. The molecular formula is C24H32N4O. The van der Waals surface area contributed by atoms with Gasteiger partial charge < -0.3 is 20.0 Å². The fraction of sp³-hybridized carbons (Fsp3) is 0.458. The minimum absolute atomic E-state index is 0.0189. The summed E-state index contributed by atoms with van der Waals surface area (Å²) in [7, 11) is 2.07. The number of piperidine rings is 1. The highest BCUT2D eigenvalue weighted by Crippen LogP contribution is 2.27. The zero-order valence-corrected chi connectivity index (χ0v) is 17.4. The molecule has 2 heterocycles. The Hall–Kier alpha value is -2.53. The molecule has 0 unspecified atom stereocenters. The van der Waals surface area contributed by atoms with Crippen molar-refractivity contribution in [2.24, 2.45) is 0 Å². The molecule has 0 bridgehead atoms. The molecular weight excluding hydrogens is 360 g/mol. The van der Waals surface area contributed by atoms with E-state index >= 15 is 0 Å². The average molecular weight is 393 g/mol. The molecule has 2 aliphatic heterocycles. The third kappa shape index (κ3) is 4.91. The number of carbonyl (C=O) groups excluding carboxylic acids is 1. The maximum Gasteiger partial charge on any atom is 0.321 e. The Morgan fingerprint density at radius 2 is 1.62 bits per heavy atom. The van der Waals surface area contributed by atoms with Crippen molar-refractivity contribution in [2.75, 3.05) is 43.4 Å². The molecule has 2 aliphatic rings. The van der Waals surface area contributed by atoms with Gasteiger partial charge in [0.1, 0.15) is 0 Å². The molecule has 0 aromatic heterocycles. The van der Waals surface area contributed by atoms with Crippen LogP contribution < -0.4 is 10.2 Å². The van der Waals surface area contributed by atoms with E-state index in [1.54, 1.807) is 0 Å². The van der Waals surface area contributed by atoms with Gasteiger partial charge in [0.25, 0.3) is 0 Å². The van der Waals surface area contributed by atoms with Crippen LogP contribution in [0.2, 0.25) is 0 Å². The lowest BCUT2D eigenvalue weighted by atomic mass is 10.0. The standard InChI is InChI=1S/C24H32N4O/c1-26(19-20-9-3-2-4-10-20)23-12-6-5-11-22(23)25-24(29)28-17-13-21(14-18-28)27-15-7-8-16-27/h2-6,9-12,21H,7-8,13-19H2,1H3,(H,25,29). The first kappa shape index (κ1) is 19.8. The number of rotatable bonds is 5. The van der Waals surface area contributed by atoms with Crippen LogP contribution in [0.4, 0.5) is 16.2 Å². The molecule has 0 saturated carbocycles. The summed E-state index contributed by atoms with van der Waals surface area (Å²) < 4.78 is 0. The SMILES string of the molecule is CN(Cc1ccccc1)c1ccccc1NC(=O)N1CCC(N2CCCC2)CC1. The van der Waals surface area contributed by atoms with Gasteiger partial charge in [-0.3, -0.25) is 0 Å². The summed E-state index contributed by atoms with van der Waals surface area (Å²) in [5, 5.41) is 3.16. The lowest BCUT2D eigenvalue weighted by Crippen LogP contribution is -2.47. The summed E-state index contributed by atoms with van der Waals surface area (Å²) in [5.41, 5.74) is 3.16. The molecule has 5 nitrogen and oxygen atoms in total. The van der Waals surface area contributed by atoms with Crippen LogP contribution in [-0.2, 0) is 6.54 Å². The Morgan fingerprint density at radius 3 is 2.34 bits per heavy atom. The van der Waals surface area contributed by atoms with Crippen LogP contribution in [0.1, 0.15) is 31.2 Å². The highest BCUT2D eigenvalue weighted by atomic mass is 16.2. The third-order valence-corrected chi connectivity index (χ3v) is 6.23. The number of carbonyl (C=O) groups is 1. The average Bonchev–Trinajstić information content (AvgIpc) is 3.30. The maximum atomic E-state index is 12.9. The summed E-state index contributed by atoms with van der Waals surface area (Å²) in [4.78, 5) is 19.7. The second-order valence-corrected chi connectivity index (χ2v) is 8.25. The Bertz CT molecular complexity index is 796. The molecule has 2 saturated heterocycles. The Labute approximate surface area is 174 Å². The third-order valence-electron chi connectivity index (χ3n) is 6.23. The summed E-state index contributed by atoms with van der Waals surface area (Å²) in [5.74, 6) is 0. The van der Waals surface area contributed by atoms with Crippen LogP contribution >= 0.6 is 0 Å². The Kier molecular flexibility index (Phi) is 6.35. The molecule has 2 aromatic carbocycles. The van der Waals surface area contributed by atoms with Crippen LogP contribution in [0.5, 0.6) is 0 Å². The van der Waals surface area contributed by atoms with Gasteiger partial charge in [-0.1, -0.05) is 42.5 Å². The monoisotopic (exact) mass is 392 g/mol. The minimum Gasteiger partial charge on any atom is -0.369 e. The van der Waals surface area contributed by atoms with Gasteiger partial charge in [-0.25, -0.2) is 4.79 Å². The van der Waals surface area contributed by atoms with Crippen molar-refractivity contribution in [3.63, 3.8) is 0 Å². The number of hydrogen-bond donors (Lipinski definition) is 1.